The molecule has 104 valence electrons. The minimum atomic E-state index is 0.606. The van der Waals surface area contributed by atoms with Gasteiger partial charge in [-0.1, -0.05) is 34.1 Å². The minimum absolute atomic E-state index is 0.606. The first kappa shape index (κ1) is 15.2. The van der Waals surface area contributed by atoms with Crippen molar-refractivity contribution in [2.24, 2.45) is 0 Å². The van der Waals surface area contributed by atoms with Gasteiger partial charge in [-0.2, -0.15) is 5.10 Å². The van der Waals surface area contributed by atoms with E-state index in [9.17, 15) is 0 Å². The Morgan fingerprint density at radius 1 is 1.17 bits per heavy atom. The van der Waals surface area contributed by atoms with Crippen LogP contribution in [0.4, 0.5) is 0 Å². The summed E-state index contributed by atoms with van der Waals surface area (Å²) in [5, 5.41) is 8.10. The molecule has 3 heteroatoms. The van der Waals surface area contributed by atoms with E-state index >= 15 is 0 Å². The van der Waals surface area contributed by atoms with Gasteiger partial charge >= 0.3 is 0 Å². The molecule has 18 heavy (non-hydrogen) atoms. The van der Waals surface area contributed by atoms with E-state index in [1.54, 1.807) is 0 Å². The molecule has 0 amide bonds. The van der Waals surface area contributed by atoms with Crippen LogP contribution in [0.5, 0.6) is 0 Å². The monoisotopic (exact) mass is 251 g/mol. The zero-order valence-electron chi connectivity index (χ0n) is 12.5. The molecule has 1 heterocycles. The second-order valence-corrected chi connectivity index (χ2v) is 5.23. The third kappa shape index (κ3) is 5.21. The standard InChI is InChI=1S/C15H29N3/c1-5-14-12-15(6-2)18(17-14)11-9-7-8-10-16-13(3)4/h12-13,16H,5-11H2,1-4H3. The lowest BCUT2D eigenvalue weighted by Crippen LogP contribution is -2.23. The van der Waals surface area contributed by atoms with E-state index in [0.717, 1.165) is 25.9 Å². The lowest BCUT2D eigenvalue weighted by Gasteiger charge is -2.08. The van der Waals surface area contributed by atoms with Crippen molar-refractivity contribution < 1.29 is 0 Å². The number of unbranched alkanes of at least 4 members (excludes halogenated alkanes) is 2. The van der Waals surface area contributed by atoms with Crippen LogP contribution in [0.3, 0.4) is 0 Å². The zero-order chi connectivity index (χ0) is 13.4. The van der Waals surface area contributed by atoms with Crippen molar-refractivity contribution in [1.29, 1.82) is 0 Å². The van der Waals surface area contributed by atoms with Crippen molar-refractivity contribution in [3.8, 4) is 0 Å². The molecule has 0 aromatic carbocycles. The van der Waals surface area contributed by atoms with E-state index in [2.05, 4.69) is 48.9 Å². The van der Waals surface area contributed by atoms with Crippen LogP contribution in [-0.2, 0) is 19.4 Å². The van der Waals surface area contributed by atoms with Crippen LogP contribution in [0.1, 0.15) is 58.3 Å². The van der Waals surface area contributed by atoms with Gasteiger partial charge in [0.1, 0.15) is 0 Å². The summed E-state index contributed by atoms with van der Waals surface area (Å²) < 4.78 is 2.20. The van der Waals surface area contributed by atoms with Crippen LogP contribution < -0.4 is 5.32 Å². The fourth-order valence-corrected chi connectivity index (χ4v) is 2.12. The minimum Gasteiger partial charge on any atom is -0.315 e. The molecule has 0 aliphatic rings. The predicted octanol–water partition coefficient (Wildman–Crippen LogP) is 3.18. The van der Waals surface area contributed by atoms with Crippen molar-refractivity contribution in [3.05, 3.63) is 17.5 Å². The van der Waals surface area contributed by atoms with Crippen molar-refractivity contribution in [1.82, 2.24) is 15.1 Å². The highest BCUT2D eigenvalue weighted by atomic mass is 15.3. The maximum atomic E-state index is 4.65. The molecule has 1 N–H and O–H groups in total. The molecule has 0 saturated carbocycles. The molecule has 0 fully saturated rings. The Labute approximate surface area is 112 Å². The van der Waals surface area contributed by atoms with Crippen molar-refractivity contribution in [2.75, 3.05) is 6.54 Å². The molecule has 0 unspecified atom stereocenters. The fraction of sp³-hybridized carbons (Fsp3) is 0.800. The zero-order valence-corrected chi connectivity index (χ0v) is 12.5. The van der Waals surface area contributed by atoms with Gasteiger partial charge in [0.25, 0.3) is 0 Å². The maximum absolute atomic E-state index is 4.65. The Morgan fingerprint density at radius 3 is 2.56 bits per heavy atom. The Bertz CT molecular complexity index is 328. The summed E-state index contributed by atoms with van der Waals surface area (Å²) in [5.41, 5.74) is 2.61. The molecule has 1 aromatic heterocycles. The predicted molar refractivity (Wildman–Crippen MR) is 78.0 cm³/mol. The highest BCUT2D eigenvalue weighted by molar-refractivity contribution is 5.10. The maximum Gasteiger partial charge on any atom is 0.0624 e. The van der Waals surface area contributed by atoms with Crippen LogP contribution in [0.25, 0.3) is 0 Å². The van der Waals surface area contributed by atoms with E-state index in [-0.39, 0.29) is 0 Å². The Balaban J connectivity index is 2.24. The summed E-state index contributed by atoms with van der Waals surface area (Å²) in [4.78, 5) is 0. The molecule has 0 bridgehead atoms. The first-order chi connectivity index (χ1) is 8.67. The van der Waals surface area contributed by atoms with E-state index < -0.39 is 0 Å². The van der Waals surface area contributed by atoms with Gasteiger partial charge in [0, 0.05) is 18.3 Å². The van der Waals surface area contributed by atoms with Gasteiger partial charge in [-0.25, -0.2) is 0 Å². The van der Waals surface area contributed by atoms with Gasteiger partial charge < -0.3 is 5.32 Å². The molecular weight excluding hydrogens is 222 g/mol. The Morgan fingerprint density at radius 2 is 1.94 bits per heavy atom. The number of nitrogens with one attached hydrogen (secondary N) is 1. The average molecular weight is 251 g/mol. The van der Waals surface area contributed by atoms with Gasteiger partial charge in [0.15, 0.2) is 0 Å². The number of hydrogen-bond acceptors (Lipinski definition) is 2. The molecule has 0 spiro atoms. The number of hydrogen-bond donors (Lipinski definition) is 1. The van der Waals surface area contributed by atoms with Crippen LogP contribution in [-0.4, -0.2) is 22.4 Å². The third-order valence-electron chi connectivity index (χ3n) is 3.24. The quantitative estimate of drug-likeness (QED) is 0.683. The largest absolute Gasteiger partial charge is 0.315 e. The van der Waals surface area contributed by atoms with Crippen LogP contribution >= 0.6 is 0 Å². The molecular formula is C15H29N3. The van der Waals surface area contributed by atoms with Crippen molar-refractivity contribution in [2.45, 2.75) is 72.4 Å². The summed E-state index contributed by atoms with van der Waals surface area (Å²) in [6.45, 7) is 11.0. The molecule has 3 nitrogen and oxygen atoms in total. The van der Waals surface area contributed by atoms with Crippen LogP contribution in [0, 0.1) is 0 Å². The highest BCUT2D eigenvalue weighted by Gasteiger charge is 2.04. The molecule has 0 saturated heterocycles. The van der Waals surface area contributed by atoms with Gasteiger partial charge in [-0.3, -0.25) is 4.68 Å². The fourth-order valence-electron chi connectivity index (χ4n) is 2.12. The normalized spacial score (nSPS) is 11.4. The number of aromatic nitrogens is 2. The van der Waals surface area contributed by atoms with Gasteiger partial charge in [-0.15, -0.1) is 0 Å². The van der Waals surface area contributed by atoms with Gasteiger partial charge in [-0.05, 0) is 38.3 Å². The third-order valence-corrected chi connectivity index (χ3v) is 3.24. The summed E-state index contributed by atoms with van der Waals surface area (Å²) in [6, 6.07) is 2.86. The molecule has 0 aliphatic heterocycles. The number of nitrogens with zero attached hydrogens (tertiary/aromatic N) is 2. The molecule has 1 rings (SSSR count). The van der Waals surface area contributed by atoms with Gasteiger partial charge in [0.05, 0.1) is 5.69 Å². The van der Waals surface area contributed by atoms with E-state index in [0.29, 0.717) is 6.04 Å². The summed E-state index contributed by atoms with van der Waals surface area (Å²) in [6.07, 6.45) is 5.91. The molecule has 0 radical (unpaired) electrons. The summed E-state index contributed by atoms with van der Waals surface area (Å²) in [7, 11) is 0. The Kier molecular flexibility index (Phi) is 7.02. The molecule has 0 atom stereocenters. The summed E-state index contributed by atoms with van der Waals surface area (Å²) in [5.74, 6) is 0. The van der Waals surface area contributed by atoms with Crippen LogP contribution in [0.2, 0.25) is 0 Å². The summed E-state index contributed by atoms with van der Waals surface area (Å²) >= 11 is 0. The Hall–Kier alpha value is -0.830. The first-order valence-corrected chi connectivity index (χ1v) is 7.46. The smallest absolute Gasteiger partial charge is 0.0624 e. The van der Waals surface area contributed by atoms with Gasteiger partial charge in [0.2, 0.25) is 0 Å². The van der Waals surface area contributed by atoms with E-state index in [1.807, 2.05) is 0 Å². The van der Waals surface area contributed by atoms with Crippen molar-refractivity contribution in [3.63, 3.8) is 0 Å². The molecule has 1 aromatic rings. The first-order valence-electron chi connectivity index (χ1n) is 7.46. The van der Waals surface area contributed by atoms with E-state index in [4.69, 9.17) is 0 Å². The number of rotatable bonds is 9. The van der Waals surface area contributed by atoms with Crippen LogP contribution in [0.15, 0.2) is 6.07 Å². The average Bonchev–Trinajstić information content (AvgIpc) is 2.75. The van der Waals surface area contributed by atoms with E-state index in [1.165, 1.54) is 30.7 Å². The second kappa shape index (κ2) is 8.30. The number of aryl methyl sites for hydroxylation is 3. The topological polar surface area (TPSA) is 29.9 Å². The second-order valence-electron chi connectivity index (χ2n) is 5.23. The lowest BCUT2D eigenvalue weighted by atomic mass is 10.2. The lowest BCUT2D eigenvalue weighted by molar-refractivity contribution is 0.501. The highest BCUT2D eigenvalue weighted by Crippen LogP contribution is 2.08. The van der Waals surface area contributed by atoms with Crippen molar-refractivity contribution >= 4 is 0 Å². The molecule has 0 aliphatic carbocycles. The SMILES string of the molecule is CCc1cc(CC)n(CCCCCNC(C)C)n1.